The smallest absolute Gasteiger partial charge is 0.264 e. The lowest BCUT2D eigenvalue weighted by molar-refractivity contribution is 0.0690. The monoisotopic (exact) mass is 434 g/mol. The molecule has 0 spiro atoms. The van der Waals surface area contributed by atoms with Crippen LogP contribution < -0.4 is 4.31 Å². The number of para-hydroxylation sites is 1. The molecule has 160 valence electrons. The first kappa shape index (κ1) is 21.1. The highest BCUT2D eigenvalue weighted by atomic mass is 32.2. The van der Waals surface area contributed by atoms with Crippen molar-refractivity contribution in [2.24, 2.45) is 0 Å². The molecule has 6 heteroatoms. The van der Waals surface area contributed by atoms with Gasteiger partial charge in [-0.3, -0.25) is 9.10 Å². The fraction of sp³-hybridized carbons (Fsp3) is 0.240. The van der Waals surface area contributed by atoms with Crippen LogP contribution in [0.15, 0.2) is 83.8 Å². The molecule has 0 radical (unpaired) electrons. The summed E-state index contributed by atoms with van der Waals surface area (Å²) in [4.78, 5) is 15.2. The Hall–Kier alpha value is -3.12. The molecule has 0 aromatic heterocycles. The topological polar surface area (TPSA) is 57.7 Å². The van der Waals surface area contributed by atoms with Gasteiger partial charge in [-0.15, -0.1) is 0 Å². The largest absolute Gasteiger partial charge is 0.332 e. The third-order valence-corrected chi connectivity index (χ3v) is 7.40. The maximum Gasteiger partial charge on any atom is 0.264 e. The van der Waals surface area contributed by atoms with Gasteiger partial charge in [0.1, 0.15) is 0 Å². The summed E-state index contributed by atoms with van der Waals surface area (Å²) in [5, 5.41) is 0. The Labute approximate surface area is 184 Å². The van der Waals surface area contributed by atoms with Crippen LogP contribution in [-0.2, 0) is 23.0 Å². The number of benzene rings is 3. The van der Waals surface area contributed by atoms with Gasteiger partial charge in [-0.05, 0) is 55.7 Å². The average Bonchev–Trinajstić information content (AvgIpc) is 3.23. The maximum atomic E-state index is 13.4. The molecule has 0 unspecified atom stereocenters. The minimum atomic E-state index is -3.75. The van der Waals surface area contributed by atoms with Crippen molar-refractivity contribution in [1.82, 2.24) is 4.90 Å². The van der Waals surface area contributed by atoms with E-state index in [0.717, 1.165) is 11.1 Å². The van der Waals surface area contributed by atoms with Crippen molar-refractivity contribution in [3.63, 3.8) is 0 Å². The van der Waals surface area contributed by atoms with Gasteiger partial charge in [-0.2, -0.15) is 0 Å². The number of hydrogen-bond donors (Lipinski definition) is 0. The zero-order valence-electron chi connectivity index (χ0n) is 17.7. The third-order valence-electron chi connectivity index (χ3n) is 5.59. The van der Waals surface area contributed by atoms with E-state index in [9.17, 15) is 13.2 Å². The summed E-state index contributed by atoms with van der Waals surface area (Å²) in [6.07, 6.45) is 0.687. The van der Waals surface area contributed by atoms with E-state index in [1.54, 1.807) is 23.1 Å². The Balaban J connectivity index is 1.64. The number of carbonyl (C=O) groups is 1. The molecular weight excluding hydrogens is 408 g/mol. The molecule has 1 heterocycles. The second kappa shape index (κ2) is 8.55. The second-order valence-electron chi connectivity index (χ2n) is 8.00. The van der Waals surface area contributed by atoms with Gasteiger partial charge in [-0.25, -0.2) is 8.42 Å². The molecule has 31 heavy (non-hydrogen) atoms. The van der Waals surface area contributed by atoms with Crippen LogP contribution in [0.5, 0.6) is 0 Å². The maximum absolute atomic E-state index is 13.4. The highest BCUT2D eigenvalue weighted by Crippen LogP contribution is 2.33. The van der Waals surface area contributed by atoms with Gasteiger partial charge < -0.3 is 4.90 Å². The van der Waals surface area contributed by atoms with Crippen LogP contribution in [0.3, 0.4) is 0 Å². The SMILES string of the molecule is CC(C)N(Cc1ccccc1)C(=O)c1cccc(S(=O)(=O)N2CCc3ccccc32)c1. The normalized spacial score (nSPS) is 13.3. The molecule has 0 atom stereocenters. The first-order valence-electron chi connectivity index (χ1n) is 10.4. The molecule has 0 aliphatic carbocycles. The van der Waals surface area contributed by atoms with Crippen molar-refractivity contribution in [2.45, 2.75) is 37.8 Å². The molecule has 0 bridgehead atoms. The minimum Gasteiger partial charge on any atom is -0.332 e. The number of fused-ring (bicyclic) bond motifs is 1. The van der Waals surface area contributed by atoms with E-state index in [-0.39, 0.29) is 16.8 Å². The number of carbonyl (C=O) groups excluding carboxylic acids is 1. The predicted molar refractivity (Wildman–Crippen MR) is 123 cm³/mol. The van der Waals surface area contributed by atoms with E-state index < -0.39 is 10.0 Å². The van der Waals surface area contributed by atoms with Gasteiger partial charge >= 0.3 is 0 Å². The van der Waals surface area contributed by atoms with E-state index in [1.807, 2.05) is 68.4 Å². The van der Waals surface area contributed by atoms with E-state index in [0.29, 0.717) is 30.8 Å². The molecule has 1 amide bonds. The van der Waals surface area contributed by atoms with Gasteiger partial charge in [0.05, 0.1) is 10.6 Å². The lowest BCUT2D eigenvalue weighted by atomic mass is 10.1. The summed E-state index contributed by atoms with van der Waals surface area (Å²) in [5.74, 6) is -0.183. The van der Waals surface area contributed by atoms with Crippen LogP contribution >= 0.6 is 0 Å². The van der Waals surface area contributed by atoms with E-state index in [1.165, 1.54) is 10.4 Å². The molecule has 0 saturated heterocycles. The Morgan fingerprint density at radius 3 is 2.42 bits per heavy atom. The van der Waals surface area contributed by atoms with E-state index in [2.05, 4.69) is 0 Å². The van der Waals surface area contributed by atoms with Crippen LogP contribution in [0.4, 0.5) is 5.69 Å². The van der Waals surface area contributed by atoms with Gasteiger partial charge in [0, 0.05) is 24.7 Å². The lowest BCUT2D eigenvalue weighted by Gasteiger charge is -2.27. The summed E-state index contributed by atoms with van der Waals surface area (Å²) >= 11 is 0. The first-order chi connectivity index (χ1) is 14.9. The fourth-order valence-electron chi connectivity index (χ4n) is 3.91. The summed E-state index contributed by atoms with van der Waals surface area (Å²) in [5.41, 5.74) is 3.14. The van der Waals surface area contributed by atoms with Crippen LogP contribution in [0.2, 0.25) is 0 Å². The van der Waals surface area contributed by atoms with E-state index >= 15 is 0 Å². The van der Waals surface area contributed by atoms with E-state index in [4.69, 9.17) is 0 Å². The Kier molecular flexibility index (Phi) is 5.83. The number of sulfonamides is 1. The summed E-state index contributed by atoms with van der Waals surface area (Å²) in [6, 6.07) is 23.7. The molecular formula is C25H26N2O3S. The zero-order valence-corrected chi connectivity index (χ0v) is 18.5. The predicted octanol–water partition coefficient (Wildman–Crippen LogP) is 4.49. The Bertz CT molecular complexity index is 1190. The van der Waals surface area contributed by atoms with Crippen molar-refractivity contribution in [3.05, 3.63) is 95.6 Å². The Morgan fingerprint density at radius 2 is 1.68 bits per heavy atom. The number of anilines is 1. The highest BCUT2D eigenvalue weighted by molar-refractivity contribution is 7.92. The summed E-state index contributed by atoms with van der Waals surface area (Å²) < 4.78 is 28.2. The van der Waals surface area contributed by atoms with Gasteiger partial charge in [-0.1, -0.05) is 54.6 Å². The summed E-state index contributed by atoms with van der Waals surface area (Å²) in [7, 11) is -3.75. The third kappa shape index (κ3) is 4.21. The fourth-order valence-corrected chi connectivity index (χ4v) is 5.46. The van der Waals surface area contributed by atoms with Crippen molar-refractivity contribution in [2.75, 3.05) is 10.8 Å². The van der Waals surface area contributed by atoms with Gasteiger partial charge in [0.25, 0.3) is 15.9 Å². The highest BCUT2D eigenvalue weighted by Gasteiger charge is 2.31. The van der Waals surface area contributed by atoms with Crippen LogP contribution in [0.25, 0.3) is 0 Å². The standard InChI is InChI=1S/C25H26N2O3S/c1-19(2)26(18-20-9-4-3-5-10-20)25(28)22-12-8-13-23(17-22)31(29,30)27-16-15-21-11-6-7-14-24(21)27/h3-14,17,19H,15-16,18H2,1-2H3. The molecule has 3 aromatic rings. The van der Waals surface area contributed by atoms with Crippen LogP contribution in [0, 0.1) is 0 Å². The molecule has 5 nitrogen and oxygen atoms in total. The number of amides is 1. The average molecular weight is 435 g/mol. The molecule has 0 saturated carbocycles. The molecule has 1 aliphatic rings. The number of nitrogens with zero attached hydrogens (tertiary/aromatic N) is 2. The molecule has 1 aliphatic heterocycles. The second-order valence-corrected chi connectivity index (χ2v) is 9.86. The Morgan fingerprint density at radius 1 is 0.968 bits per heavy atom. The van der Waals surface area contributed by atoms with Crippen molar-refractivity contribution in [3.8, 4) is 0 Å². The summed E-state index contributed by atoms with van der Waals surface area (Å²) in [6.45, 7) is 4.80. The first-order valence-corrected chi connectivity index (χ1v) is 11.9. The minimum absolute atomic E-state index is 0.0292. The van der Waals surface area contributed by atoms with Crippen molar-refractivity contribution >= 4 is 21.6 Å². The molecule has 0 fully saturated rings. The zero-order chi connectivity index (χ0) is 22.0. The van der Waals surface area contributed by atoms with Gasteiger partial charge in [0.15, 0.2) is 0 Å². The molecule has 3 aromatic carbocycles. The van der Waals surface area contributed by atoms with Gasteiger partial charge in [0.2, 0.25) is 0 Å². The number of hydrogen-bond acceptors (Lipinski definition) is 3. The van der Waals surface area contributed by atoms with Crippen molar-refractivity contribution < 1.29 is 13.2 Å². The molecule has 0 N–H and O–H groups in total. The molecule has 4 rings (SSSR count). The lowest BCUT2D eigenvalue weighted by Crippen LogP contribution is -2.36. The van der Waals surface area contributed by atoms with Crippen LogP contribution in [0.1, 0.15) is 35.3 Å². The van der Waals surface area contributed by atoms with Crippen molar-refractivity contribution in [1.29, 1.82) is 0 Å². The van der Waals surface area contributed by atoms with Crippen LogP contribution in [-0.4, -0.2) is 31.8 Å². The number of rotatable bonds is 6. The quantitative estimate of drug-likeness (QED) is 0.574.